The van der Waals surface area contributed by atoms with Gasteiger partial charge in [0.1, 0.15) is 5.75 Å². The molecule has 2 heterocycles. The zero-order chi connectivity index (χ0) is 21.6. The maximum atomic E-state index is 13.1. The first kappa shape index (κ1) is 20.4. The highest BCUT2D eigenvalue weighted by Gasteiger charge is 2.25. The molecule has 7 heteroatoms. The number of carbonyl (C=O) groups is 1. The quantitative estimate of drug-likeness (QED) is 0.410. The molecule has 2 aromatic heterocycles. The van der Waals surface area contributed by atoms with Gasteiger partial charge in [-0.25, -0.2) is 0 Å². The summed E-state index contributed by atoms with van der Waals surface area (Å²) in [5.41, 5.74) is 1.86. The van der Waals surface area contributed by atoms with Crippen molar-refractivity contribution in [1.29, 1.82) is 0 Å². The van der Waals surface area contributed by atoms with Crippen LogP contribution in [-0.4, -0.2) is 34.6 Å². The topological polar surface area (TPSA) is 81.6 Å². The average molecular weight is 417 g/mol. The Morgan fingerprint density at radius 2 is 1.84 bits per heavy atom. The lowest BCUT2D eigenvalue weighted by molar-refractivity contribution is 0.0656. The molecule has 1 atom stereocenters. The van der Waals surface area contributed by atoms with Crippen molar-refractivity contribution in [2.45, 2.75) is 19.4 Å². The van der Waals surface area contributed by atoms with Crippen LogP contribution < -0.4 is 4.74 Å². The van der Waals surface area contributed by atoms with Crippen LogP contribution in [0.4, 0.5) is 0 Å². The van der Waals surface area contributed by atoms with Gasteiger partial charge in [0.05, 0.1) is 19.4 Å². The summed E-state index contributed by atoms with van der Waals surface area (Å²) in [5, 5.41) is 4.07. The van der Waals surface area contributed by atoms with Crippen molar-refractivity contribution >= 4 is 5.91 Å². The summed E-state index contributed by atoms with van der Waals surface area (Å²) in [7, 11) is 1.62. The molecule has 31 heavy (non-hydrogen) atoms. The van der Waals surface area contributed by atoms with Gasteiger partial charge in [0.15, 0.2) is 5.76 Å². The number of carbonyl (C=O) groups excluding carboxylic acids is 1. The average Bonchev–Trinajstić information content (AvgIpc) is 3.52. The molecular weight excluding hydrogens is 394 g/mol. The molecular formula is C24H23N3O4. The van der Waals surface area contributed by atoms with E-state index in [9.17, 15) is 4.79 Å². The van der Waals surface area contributed by atoms with Crippen LogP contribution in [0.2, 0.25) is 0 Å². The van der Waals surface area contributed by atoms with Gasteiger partial charge in [0, 0.05) is 18.5 Å². The number of nitrogens with zero attached hydrogens (tertiary/aromatic N) is 3. The Labute approximate surface area is 180 Å². The van der Waals surface area contributed by atoms with Crippen molar-refractivity contribution < 1.29 is 18.5 Å². The third kappa shape index (κ3) is 4.66. The normalized spacial score (nSPS) is 11.8. The lowest BCUT2D eigenvalue weighted by Crippen LogP contribution is -2.35. The second kappa shape index (κ2) is 9.30. The summed E-state index contributed by atoms with van der Waals surface area (Å²) < 4.78 is 15.9. The summed E-state index contributed by atoms with van der Waals surface area (Å²) in [6.45, 7) is 2.40. The Balaban J connectivity index is 1.51. The highest BCUT2D eigenvalue weighted by molar-refractivity contribution is 5.91. The first-order valence-electron chi connectivity index (χ1n) is 10.0. The number of amides is 1. The van der Waals surface area contributed by atoms with E-state index in [0.29, 0.717) is 30.4 Å². The van der Waals surface area contributed by atoms with Crippen LogP contribution in [0.25, 0.3) is 11.4 Å². The smallest absolute Gasteiger partial charge is 0.290 e. The Morgan fingerprint density at radius 1 is 1.06 bits per heavy atom. The fraction of sp³-hybridized carbons (Fsp3) is 0.208. The molecule has 0 spiro atoms. The van der Waals surface area contributed by atoms with Crippen molar-refractivity contribution in [2.24, 2.45) is 0 Å². The van der Waals surface area contributed by atoms with Crippen LogP contribution in [0, 0.1) is 0 Å². The molecule has 0 fully saturated rings. The van der Waals surface area contributed by atoms with Crippen LogP contribution in [0.15, 0.2) is 81.9 Å². The number of hydrogen-bond donors (Lipinski definition) is 0. The van der Waals surface area contributed by atoms with E-state index in [1.807, 2.05) is 61.5 Å². The second-order valence-electron chi connectivity index (χ2n) is 7.05. The Morgan fingerprint density at radius 3 is 2.52 bits per heavy atom. The van der Waals surface area contributed by atoms with E-state index in [1.54, 1.807) is 24.1 Å². The molecule has 158 valence electrons. The number of furan rings is 1. The van der Waals surface area contributed by atoms with Crippen molar-refractivity contribution in [3.63, 3.8) is 0 Å². The molecule has 7 nitrogen and oxygen atoms in total. The molecule has 0 unspecified atom stereocenters. The number of methoxy groups -OCH3 is 1. The molecule has 0 N–H and O–H groups in total. The van der Waals surface area contributed by atoms with E-state index in [2.05, 4.69) is 10.1 Å². The molecule has 2 aromatic carbocycles. The zero-order valence-electron chi connectivity index (χ0n) is 17.4. The first-order valence-corrected chi connectivity index (χ1v) is 10.0. The van der Waals surface area contributed by atoms with Gasteiger partial charge < -0.3 is 18.6 Å². The van der Waals surface area contributed by atoms with Crippen molar-refractivity contribution in [2.75, 3.05) is 13.7 Å². The number of ether oxygens (including phenoxy) is 1. The summed E-state index contributed by atoms with van der Waals surface area (Å²) in [6.07, 6.45) is 1.92. The Bertz CT molecular complexity index is 1110. The minimum atomic E-state index is -0.184. The summed E-state index contributed by atoms with van der Waals surface area (Å²) in [4.78, 5) is 19.3. The summed E-state index contributed by atoms with van der Waals surface area (Å²) in [6, 6.07) is 20.5. The predicted octanol–water partition coefficient (Wildman–Crippen LogP) is 4.78. The van der Waals surface area contributed by atoms with Crippen LogP contribution in [-0.2, 0) is 6.42 Å². The van der Waals surface area contributed by atoms with Gasteiger partial charge in [-0.2, -0.15) is 4.98 Å². The van der Waals surface area contributed by atoms with Crippen LogP contribution in [0.5, 0.6) is 5.75 Å². The van der Waals surface area contributed by atoms with E-state index in [4.69, 9.17) is 13.7 Å². The van der Waals surface area contributed by atoms with Gasteiger partial charge in [0.2, 0.25) is 11.7 Å². The molecule has 1 amide bonds. The monoisotopic (exact) mass is 417 g/mol. The minimum Gasteiger partial charge on any atom is -0.497 e. The molecule has 0 saturated carbocycles. The SMILES string of the molecule is COc1ccc(-c2noc(CCN(C(=O)c3ccco3)[C@H](C)c3ccccc3)n2)cc1. The van der Waals surface area contributed by atoms with Gasteiger partial charge in [0.25, 0.3) is 5.91 Å². The van der Waals surface area contributed by atoms with Gasteiger partial charge in [-0.05, 0) is 48.9 Å². The van der Waals surface area contributed by atoms with Crippen LogP contribution >= 0.6 is 0 Å². The molecule has 0 aliphatic heterocycles. The zero-order valence-corrected chi connectivity index (χ0v) is 17.4. The van der Waals surface area contributed by atoms with E-state index in [-0.39, 0.29) is 11.9 Å². The lowest BCUT2D eigenvalue weighted by atomic mass is 10.1. The fourth-order valence-corrected chi connectivity index (χ4v) is 3.35. The summed E-state index contributed by atoms with van der Waals surface area (Å²) in [5.74, 6) is 1.83. The van der Waals surface area contributed by atoms with E-state index in [0.717, 1.165) is 16.9 Å². The van der Waals surface area contributed by atoms with E-state index in [1.165, 1.54) is 6.26 Å². The second-order valence-corrected chi connectivity index (χ2v) is 7.05. The molecule has 0 bridgehead atoms. The first-order chi connectivity index (χ1) is 15.2. The highest BCUT2D eigenvalue weighted by atomic mass is 16.5. The predicted molar refractivity (Wildman–Crippen MR) is 115 cm³/mol. The van der Waals surface area contributed by atoms with Gasteiger partial charge in [-0.15, -0.1) is 0 Å². The van der Waals surface area contributed by atoms with Gasteiger partial charge >= 0.3 is 0 Å². The van der Waals surface area contributed by atoms with Gasteiger partial charge in [-0.1, -0.05) is 35.5 Å². The molecule has 0 saturated heterocycles. The number of aromatic nitrogens is 2. The number of rotatable bonds is 8. The molecule has 0 aliphatic rings. The molecule has 4 aromatic rings. The maximum absolute atomic E-state index is 13.1. The largest absolute Gasteiger partial charge is 0.497 e. The molecule has 4 rings (SSSR count). The standard InChI is InChI=1S/C24H23N3O4/c1-17(18-7-4-3-5-8-18)27(24(28)21-9-6-16-30-21)15-14-22-25-23(26-31-22)19-10-12-20(29-2)13-11-19/h3-13,16-17H,14-15H2,1-2H3/t17-/m1/s1. The van der Waals surface area contributed by atoms with Crippen LogP contribution in [0.1, 0.15) is 35.0 Å². The molecule has 0 radical (unpaired) electrons. The van der Waals surface area contributed by atoms with Gasteiger partial charge in [-0.3, -0.25) is 4.79 Å². The highest BCUT2D eigenvalue weighted by Crippen LogP contribution is 2.24. The van der Waals surface area contributed by atoms with E-state index < -0.39 is 0 Å². The summed E-state index contributed by atoms with van der Waals surface area (Å²) >= 11 is 0. The van der Waals surface area contributed by atoms with E-state index >= 15 is 0 Å². The van der Waals surface area contributed by atoms with Crippen molar-refractivity contribution in [3.8, 4) is 17.1 Å². The minimum absolute atomic E-state index is 0.150. The third-order valence-electron chi connectivity index (χ3n) is 5.13. The number of hydrogen-bond acceptors (Lipinski definition) is 6. The lowest BCUT2D eigenvalue weighted by Gasteiger charge is -2.28. The third-order valence-corrected chi connectivity index (χ3v) is 5.13. The maximum Gasteiger partial charge on any atom is 0.290 e. The Hall–Kier alpha value is -3.87. The van der Waals surface area contributed by atoms with Crippen molar-refractivity contribution in [1.82, 2.24) is 15.0 Å². The molecule has 0 aliphatic carbocycles. The number of benzene rings is 2. The Kier molecular flexibility index (Phi) is 6.12. The van der Waals surface area contributed by atoms with Crippen LogP contribution in [0.3, 0.4) is 0 Å². The van der Waals surface area contributed by atoms with Crippen molar-refractivity contribution in [3.05, 3.63) is 90.2 Å². The fourth-order valence-electron chi connectivity index (χ4n) is 3.35.